The van der Waals surface area contributed by atoms with Crippen LogP contribution in [0.15, 0.2) is 91.0 Å². The number of likely N-dealkylation sites (tertiary alicyclic amines) is 1. The molecule has 1 saturated heterocycles. The maximum absolute atomic E-state index is 10.4. The number of piperidine rings is 1. The van der Waals surface area contributed by atoms with E-state index in [0.29, 0.717) is 11.8 Å². The SMILES string of the molecule is N#CC1(N(Cc2ccccc2)Cc2ccccc2)C2CN(Cc3ccccc3)CC21. The van der Waals surface area contributed by atoms with Crippen molar-refractivity contribution < 1.29 is 0 Å². The van der Waals surface area contributed by atoms with Crippen LogP contribution in [0.1, 0.15) is 16.7 Å². The molecular weight excluding hydrogens is 366 g/mol. The van der Waals surface area contributed by atoms with Gasteiger partial charge in [-0.1, -0.05) is 91.0 Å². The molecule has 150 valence electrons. The van der Waals surface area contributed by atoms with Crippen molar-refractivity contribution in [1.82, 2.24) is 9.80 Å². The van der Waals surface area contributed by atoms with Crippen LogP contribution in [0.4, 0.5) is 0 Å². The lowest BCUT2D eigenvalue weighted by atomic mass is 10.1. The third-order valence-electron chi connectivity index (χ3n) is 6.80. The molecule has 2 unspecified atom stereocenters. The van der Waals surface area contributed by atoms with Crippen molar-refractivity contribution in [2.45, 2.75) is 25.2 Å². The van der Waals surface area contributed by atoms with Crippen molar-refractivity contribution in [2.75, 3.05) is 13.1 Å². The summed E-state index contributed by atoms with van der Waals surface area (Å²) in [5, 5.41) is 10.4. The van der Waals surface area contributed by atoms with Crippen molar-refractivity contribution in [2.24, 2.45) is 11.8 Å². The van der Waals surface area contributed by atoms with Gasteiger partial charge >= 0.3 is 0 Å². The van der Waals surface area contributed by atoms with E-state index in [4.69, 9.17) is 0 Å². The fourth-order valence-electron chi connectivity index (χ4n) is 5.29. The Balaban J connectivity index is 1.35. The average molecular weight is 394 g/mol. The highest BCUT2D eigenvalue weighted by Gasteiger charge is 2.71. The molecule has 5 rings (SSSR count). The molecule has 3 aromatic rings. The van der Waals surface area contributed by atoms with E-state index in [1.54, 1.807) is 0 Å². The van der Waals surface area contributed by atoms with Gasteiger partial charge < -0.3 is 0 Å². The molecule has 2 aliphatic rings. The van der Waals surface area contributed by atoms with Gasteiger partial charge in [0.25, 0.3) is 0 Å². The largest absolute Gasteiger partial charge is 0.298 e. The van der Waals surface area contributed by atoms with Crippen LogP contribution in [0.3, 0.4) is 0 Å². The first-order valence-corrected chi connectivity index (χ1v) is 10.8. The normalized spacial score (nSPS) is 25.1. The Hall–Kier alpha value is -2.93. The van der Waals surface area contributed by atoms with Gasteiger partial charge in [0.2, 0.25) is 0 Å². The molecule has 1 aliphatic heterocycles. The van der Waals surface area contributed by atoms with Crippen LogP contribution in [0.25, 0.3) is 0 Å². The molecule has 0 aromatic heterocycles. The van der Waals surface area contributed by atoms with E-state index in [0.717, 1.165) is 32.7 Å². The predicted octanol–water partition coefficient (Wildman–Crippen LogP) is 4.71. The molecule has 0 radical (unpaired) electrons. The number of hydrogen-bond donors (Lipinski definition) is 0. The molecule has 0 bridgehead atoms. The molecule has 2 fully saturated rings. The summed E-state index contributed by atoms with van der Waals surface area (Å²) in [6, 6.07) is 34.6. The van der Waals surface area contributed by atoms with E-state index in [2.05, 4.69) is 107 Å². The molecule has 1 saturated carbocycles. The van der Waals surface area contributed by atoms with E-state index < -0.39 is 0 Å². The zero-order chi connectivity index (χ0) is 20.4. The highest BCUT2D eigenvalue weighted by atomic mass is 15.3. The Morgan fingerprint density at radius 1 is 0.733 bits per heavy atom. The van der Waals surface area contributed by atoms with Gasteiger partial charge in [-0.05, 0) is 16.7 Å². The summed E-state index contributed by atoms with van der Waals surface area (Å²) in [6.07, 6.45) is 0. The quantitative estimate of drug-likeness (QED) is 0.582. The molecule has 0 N–H and O–H groups in total. The Bertz CT molecular complexity index is 957. The molecule has 2 atom stereocenters. The second-order valence-corrected chi connectivity index (χ2v) is 8.66. The van der Waals surface area contributed by atoms with E-state index in [-0.39, 0.29) is 5.54 Å². The summed E-state index contributed by atoms with van der Waals surface area (Å²) in [5.41, 5.74) is 3.55. The van der Waals surface area contributed by atoms with Gasteiger partial charge in [-0.3, -0.25) is 9.80 Å². The Morgan fingerprint density at radius 3 is 1.60 bits per heavy atom. The first-order valence-electron chi connectivity index (χ1n) is 10.8. The number of nitriles is 1. The van der Waals surface area contributed by atoms with Gasteiger partial charge in [-0.15, -0.1) is 0 Å². The second kappa shape index (κ2) is 8.07. The molecule has 30 heavy (non-hydrogen) atoms. The van der Waals surface area contributed by atoms with Crippen LogP contribution in [0, 0.1) is 23.2 Å². The van der Waals surface area contributed by atoms with E-state index in [9.17, 15) is 5.26 Å². The average Bonchev–Trinajstić information content (AvgIpc) is 3.18. The summed E-state index contributed by atoms with van der Waals surface area (Å²) in [6.45, 7) is 4.62. The van der Waals surface area contributed by atoms with Crippen molar-refractivity contribution in [3.8, 4) is 6.07 Å². The number of nitrogens with zero attached hydrogens (tertiary/aromatic N) is 3. The molecule has 3 heteroatoms. The van der Waals surface area contributed by atoms with Crippen LogP contribution in [-0.2, 0) is 19.6 Å². The summed E-state index contributed by atoms with van der Waals surface area (Å²) < 4.78 is 0. The van der Waals surface area contributed by atoms with Crippen LogP contribution in [-0.4, -0.2) is 28.4 Å². The molecule has 0 amide bonds. The second-order valence-electron chi connectivity index (χ2n) is 8.66. The maximum atomic E-state index is 10.4. The van der Waals surface area contributed by atoms with Crippen molar-refractivity contribution in [1.29, 1.82) is 5.26 Å². The smallest absolute Gasteiger partial charge is 0.118 e. The number of benzene rings is 3. The van der Waals surface area contributed by atoms with Gasteiger partial charge in [0.15, 0.2) is 0 Å². The van der Waals surface area contributed by atoms with Crippen molar-refractivity contribution in [3.63, 3.8) is 0 Å². The fraction of sp³-hybridized carbons (Fsp3) is 0.296. The Kier molecular flexibility index (Phi) is 5.12. The monoisotopic (exact) mass is 393 g/mol. The zero-order valence-corrected chi connectivity index (χ0v) is 17.2. The minimum atomic E-state index is -0.348. The highest BCUT2D eigenvalue weighted by Crippen LogP contribution is 2.59. The lowest BCUT2D eigenvalue weighted by molar-refractivity contribution is 0.139. The predicted molar refractivity (Wildman–Crippen MR) is 119 cm³/mol. The fourth-order valence-corrected chi connectivity index (χ4v) is 5.29. The first-order chi connectivity index (χ1) is 14.8. The van der Waals surface area contributed by atoms with E-state index in [1.807, 2.05) is 0 Å². The highest BCUT2D eigenvalue weighted by molar-refractivity contribution is 5.35. The first kappa shape index (κ1) is 19.1. The van der Waals surface area contributed by atoms with Crippen LogP contribution in [0.5, 0.6) is 0 Å². The maximum Gasteiger partial charge on any atom is 0.118 e. The summed E-state index contributed by atoms with van der Waals surface area (Å²) >= 11 is 0. The molecule has 3 nitrogen and oxygen atoms in total. The number of rotatable bonds is 7. The van der Waals surface area contributed by atoms with Gasteiger partial charge in [0, 0.05) is 44.6 Å². The third-order valence-corrected chi connectivity index (χ3v) is 6.80. The number of fused-ring (bicyclic) bond motifs is 1. The van der Waals surface area contributed by atoms with Crippen LogP contribution >= 0.6 is 0 Å². The standard InChI is InChI=1S/C27H27N3/c28-21-27(25-19-29(20-26(25)27)16-22-10-4-1-5-11-22)30(17-23-12-6-2-7-13-23)18-24-14-8-3-9-15-24/h1-15,25-26H,16-20H2. The van der Waals surface area contributed by atoms with Gasteiger partial charge in [-0.25, -0.2) is 0 Å². The van der Waals surface area contributed by atoms with Crippen LogP contribution in [0.2, 0.25) is 0 Å². The van der Waals surface area contributed by atoms with Crippen molar-refractivity contribution >= 4 is 0 Å². The molecule has 1 heterocycles. The van der Waals surface area contributed by atoms with Gasteiger partial charge in [-0.2, -0.15) is 5.26 Å². The Morgan fingerprint density at radius 2 is 1.17 bits per heavy atom. The summed E-state index contributed by atoms with van der Waals surface area (Å²) in [7, 11) is 0. The molecule has 1 aliphatic carbocycles. The Labute approximate surface area is 179 Å². The topological polar surface area (TPSA) is 30.3 Å². The molecular formula is C27H27N3. The van der Waals surface area contributed by atoms with Crippen molar-refractivity contribution in [3.05, 3.63) is 108 Å². The van der Waals surface area contributed by atoms with Gasteiger partial charge in [0.05, 0.1) is 6.07 Å². The minimum absolute atomic E-state index is 0.348. The lowest BCUT2D eigenvalue weighted by Crippen LogP contribution is -2.43. The van der Waals surface area contributed by atoms with Crippen LogP contribution < -0.4 is 0 Å². The zero-order valence-electron chi connectivity index (χ0n) is 17.2. The molecule has 0 spiro atoms. The summed E-state index contributed by atoms with van der Waals surface area (Å²) in [5.74, 6) is 0.859. The summed E-state index contributed by atoms with van der Waals surface area (Å²) in [4.78, 5) is 4.95. The third kappa shape index (κ3) is 3.54. The molecule has 3 aromatic carbocycles. The minimum Gasteiger partial charge on any atom is -0.298 e. The number of hydrogen-bond acceptors (Lipinski definition) is 3. The van der Waals surface area contributed by atoms with E-state index >= 15 is 0 Å². The lowest BCUT2D eigenvalue weighted by Gasteiger charge is -2.33. The van der Waals surface area contributed by atoms with Gasteiger partial charge in [0.1, 0.15) is 5.54 Å². The van der Waals surface area contributed by atoms with E-state index in [1.165, 1.54) is 16.7 Å².